The third-order valence-electron chi connectivity index (χ3n) is 2.27. The SMILES string of the molecule is Cc1ccnc([S@@](=O)[C@@H]2CCNC2)n1. The topological polar surface area (TPSA) is 54.9 Å². The van der Waals surface area contributed by atoms with E-state index in [4.69, 9.17) is 0 Å². The fourth-order valence-corrected chi connectivity index (χ4v) is 2.78. The molecule has 0 unspecified atom stereocenters. The Morgan fingerprint density at radius 2 is 2.50 bits per heavy atom. The summed E-state index contributed by atoms with van der Waals surface area (Å²) in [6.07, 6.45) is 2.61. The number of nitrogens with one attached hydrogen (secondary N) is 1. The normalized spacial score (nSPS) is 23.6. The van der Waals surface area contributed by atoms with Crippen LogP contribution in [0.15, 0.2) is 17.4 Å². The summed E-state index contributed by atoms with van der Waals surface area (Å²) in [6.45, 7) is 3.64. The maximum absolute atomic E-state index is 11.9. The first-order valence-corrected chi connectivity index (χ1v) is 5.89. The maximum atomic E-state index is 11.9. The Kier molecular flexibility index (Phi) is 2.88. The van der Waals surface area contributed by atoms with Gasteiger partial charge in [0.2, 0.25) is 5.16 Å². The van der Waals surface area contributed by atoms with Gasteiger partial charge in [-0.05, 0) is 26.0 Å². The molecular formula is C9H13N3OS. The highest BCUT2D eigenvalue weighted by Crippen LogP contribution is 2.12. The number of hydrogen-bond acceptors (Lipinski definition) is 4. The van der Waals surface area contributed by atoms with E-state index in [9.17, 15) is 4.21 Å². The average Bonchev–Trinajstić information content (AvgIpc) is 2.69. The maximum Gasteiger partial charge on any atom is 0.218 e. The number of aryl methyl sites for hydroxylation is 1. The Hall–Kier alpha value is -0.810. The van der Waals surface area contributed by atoms with Gasteiger partial charge in [-0.2, -0.15) is 0 Å². The highest BCUT2D eigenvalue weighted by atomic mass is 32.2. The monoisotopic (exact) mass is 211 g/mol. The minimum atomic E-state index is -1.05. The Morgan fingerprint density at radius 1 is 1.64 bits per heavy atom. The van der Waals surface area contributed by atoms with Gasteiger partial charge in [0.05, 0.1) is 16.0 Å². The molecule has 0 aromatic carbocycles. The number of hydrogen-bond donors (Lipinski definition) is 1. The van der Waals surface area contributed by atoms with Crippen molar-refractivity contribution in [3.05, 3.63) is 18.0 Å². The van der Waals surface area contributed by atoms with E-state index in [1.807, 2.05) is 13.0 Å². The molecule has 0 radical (unpaired) electrons. The number of rotatable bonds is 2. The third-order valence-corrected chi connectivity index (χ3v) is 3.83. The van der Waals surface area contributed by atoms with Gasteiger partial charge in [-0.25, -0.2) is 9.97 Å². The Morgan fingerprint density at radius 3 is 3.14 bits per heavy atom. The Bertz CT molecular complexity index is 350. The van der Waals surface area contributed by atoms with Crippen molar-refractivity contribution in [2.75, 3.05) is 13.1 Å². The van der Waals surface area contributed by atoms with Crippen molar-refractivity contribution < 1.29 is 4.21 Å². The van der Waals surface area contributed by atoms with E-state index >= 15 is 0 Å². The van der Waals surface area contributed by atoms with Crippen LogP contribution in [0.4, 0.5) is 0 Å². The lowest BCUT2D eigenvalue weighted by Crippen LogP contribution is -2.20. The highest BCUT2D eigenvalue weighted by molar-refractivity contribution is 7.85. The molecule has 14 heavy (non-hydrogen) atoms. The van der Waals surface area contributed by atoms with Gasteiger partial charge in [0.25, 0.3) is 0 Å². The molecule has 2 atom stereocenters. The second-order valence-electron chi connectivity index (χ2n) is 3.39. The third kappa shape index (κ3) is 1.99. The average molecular weight is 211 g/mol. The first-order valence-electron chi connectivity index (χ1n) is 4.68. The molecule has 4 nitrogen and oxygen atoms in total. The summed E-state index contributed by atoms with van der Waals surface area (Å²) in [7, 11) is -1.05. The van der Waals surface area contributed by atoms with E-state index in [2.05, 4.69) is 15.3 Å². The van der Waals surface area contributed by atoms with Crippen LogP contribution in [0.2, 0.25) is 0 Å². The predicted molar refractivity (Wildman–Crippen MR) is 54.5 cm³/mol. The second kappa shape index (κ2) is 4.14. The Balaban J connectivity index is 2.17. The van der Waals surface area contributed by atoms with Crippen molar-refractivity contribution in [1.82, 2.24) is 15.3 Å². The van der Waals surface area contributed by atoms with Gasteiger partial charge in [-0.1, -0.05) is 0 Å². The van der Waals surface area contributed by atoms with Crippen molar-refractivity contribution in [2.45, 2.75) is 23.8 Å². The van der Waals surface area contributed by atoms with Crippen LogP contribution in [-0.2, 0) is 10.8 Å². The summed E-state index contributed by atoms with van der Waals surface area (Å²) in [6, 6.07) is 1.81. The van der Waals surface area contributed by atoms with E-state index in [1.54, 1.807) is 6.20 Å². The number of nitrogens with zero attached hydrogens (tertiary/aromatic N) is 2. The molecule has 76 valence electrons. The predicted octanol–water partition coefficient (Wildman–Crippen LogP) is 0.255. The molecular weight excluding hydrogens is 198 g/mol. The minimum Gasteiger partial charge on any atom is -0.315 e. The van der Waals surface area contributed by atoms with Crippen molar-refractivity contribution >= 4 is 10.8 Å². The van der Waals surface area contributed by atoms with Crippen molar-refractivity contribution in [3.8, 4) is 0 Å². The molecule has 1 fully saturated rings. The molecule has 1 saturated heterocycles. The van der Waals surface area contributed by atoms with Crippen LogP contribution in [0.25, 0.3) is 0 Å². The molecule has 2 rings (SSSR count). The molecule has 1 aromatic heterocycles. The zero-order valence-corrected chi connectivity index (χ0v) is 8.88. The van der Waals surface area contributed by atoms with E-state index < -0.39 is 10.8 Å². The van der Waals surface area contributed by atoms with Gasteiger partial charge in [0, 0.05) is 18.4 Å². The summed E-state index contributed by atoms with van der Waals surface area (Å²) in [5.74, 6) is 0. The molecule has 5 heteroatoms. The molecule has 0 saturated carbocycles. The van der Waals surface area contributed by atoms with Crippen LogP contribution in [0.5, 0.6) is 0 Å². The van der Waals surface area contributed by atoms with Crippen molar-refractivity contribution in [1.29, 1.82) is 0 Å². The van der Waals surface area contributed by atoms with Crippen LogP contribution in [-0.4, -0.2) is 32.5 Å². The van der Waals surface area contributed by atoms with E-state index in [0.717, 1.165) is 25.2 Å². The van der Waals surface area contributed by atoms with Crippen LogP contribution >= 0.6 is 0 Å². The summed E-state index contributed by atoms with van der Waals surface area (Å²) >= 11 is 0. The lowest BCUT2D eigenvalue weighted by Gasteiger charge is -2.06. The first kappa shape index (κ1) is 9.73. The molecule has 0 spiro atoms. The molecule has 0 aliphatic carbocycles. The Labute approximate surface area is 85.6 Å². The summed E-state index contributed by atoms with van der Waals surface area (Å²) in [4.78, 5) is 8.22. The fraction of sp³-hybridized carbons (Fsp3) is 0.556. The fourth-order valence-electron chi connectivity index (χ4n) is 1.48. The van der Waals surface area contributed by atoms with Crippen LogP contribution in [0.3, 0.4) is 0 Å². The summed E-state index contributed by atoms with van der Waals surface area (Å²) < 4.78 is 11.9. The summed E-state index contributed by atoms with van der Waals surface area (Å²) in [5, 5.41) is 3.84. The second-order valence-corrected chi connectivity index (χ2v) is 5.02. The lowest BCUT2D eigenvalue weighted by atomic mass is 10.4. The highest BCUT2D eigenvalue weighted by Gasteiger charge is 2.23. The zero-order valence-electron chi connectivity index (χ0n) is 8.06. The lowest BCUT2D eigenvalue weighted by molar-refractivity contribution is 0.663. The van der Waals surface area contributed by atoms with Gasteiger partial charge in [0.1, 0.15) is 0 Å². The van der Waals surface area contributed by atoms with Crippen molar-refractivity contribution in [2.24, 2.45) is 0 Å². The van der Waals surface area contributed by atoms with Crippen LogP contribution < -0.4 is 5.32 Å². The van der Waals surface area contributed by atoms with Gasteiger partial charge >= 0.3 is 0 Å². The molecule has 0 amide bonds. The van der Waals surface area contributed by atoms with E-state index in [-0.39, 0.29) is 5.25 Å². The van der Waals surface area contributed by atoms with E-state index in [0.29, 0.717) is 5.16 Å². The van der Waals surface area contributed by atoms with Crippen LogP contribution in [0.1, 0.15) is 12.1 Å². The summed E-state index contributed by atoms with van der Waals surface area (Å²) in [5.41, 5.74) is 0.870. The van der Waals surface area contributed by atoms with E-state index in [1.165, 1.54) is 0 Å². The molecule has 2 heterocycles. The van der Waals surface area contributed by atoms with Gasteiger partial charge < -0.3 is 5.32 Å². The molecule has 0 bridgehead atoms. The number of aromatic nitrogens is 2. The zero-order chi connectivity index (χ0) is 9.97. The molecule has 1 N–H and O–H groups in total. The minimum absolute atomic E-state index is 0.178. The van der Waals surface area contributed by atoms with Gasteiger partial charge in [-0.3, -0.25) is 4.21 Å². The van der Waals surface area contributed by atoms with Crippen molar-refractivity contribution in [3.63, 3.8) is 0 Å². The largest absolute Gasteiger partial charge is 0.315 e. The van der Waals surface area contributed by atoms with Crippen LogP contribution in [0, 0.1) is 6.92 Å². The molecule has 1 aliphatic heterocycles. The quantitative estimate of drug-likeness (QED) is 0.713. The van der Waals surface area contributed by atoms with Gasteiger partial charge in [0.15, 0.2) is 0 Å². The molecule has 1 aromatic rings. The standard InChI is InChI=1S/C9H13N3OS/c1-7-2-5-11-9(12-7)14(13)8-3-4-10-6-8/h2,5,8,10H,3-4,6H2,1H3/t8-,14+/m1/s1. The smallest absolute Gasteiger partial charge is 0.218 e. The van der Waals surface area contributed by atoms with Gasteiger partial charge in [-0.15, -0.1) is 0 Å². The first-order chi connectivity index (χ1) is 6.77. The molecule has 1 aliphatic rings.